The first-order valence-corrected chi connectivity index (χ1v) is 8.36. The van der Waals surface area contributed by atoms with Crippen molar-refractivity contribution in [3.8, 4) is 0 Å². The number of nitrogens with one attached hydrogen (secondary N) is 2. The van der Waals surface area contributed by atoms with Gasteiger partial charge in [0.1, 0.15) is 5.82 Å². The number of aryl methyl sites for hydroxylation is 2. The summed E-state index contributed by atoms with van der Waals surface area (Å²) in [5.41, 5.74) is 2.35. The topological polar surface area (TPSA) is 79.9 Å². The second-order valence-electron chi connectivity index (χ2n) is 6.18. The molecule has 1 unspecified atom stereocenters. The molecule has 0 saturated heterocycles. The first-order chi connectivity index (χ1) is 11.3. The smallest absolute Gasteiger partial charge is 0.124 e. The Hall–Kier alpha value is -1.86. The van der Waals surface area contributed by atoms with E-state index in [1.54, 1.807) is 0 Å². The fourth-order valence-corrected chi connectivity index (χ4v) is 3.05. The maximum absolute atomic E-state index is 8.96. The van der Waals surface area contributed by atoms with E-state index in [0.717, 1.165) is 50.5 Å². The molecule has 0 aliphatic carbocycles. The van der Waals surface area contributed by atoms with Gasteiger partial charge >= 0.3 is 0 Å². The minimum Gasteiger partial charge on any atom is -0.394 e. The predicted molar refractivity (Wildman–Crippen MR) is 89.4 cm³/mol. The lowest BCUT2D eigenvalue weighted by molar-refractivity contribution is 0.269. The SMILES string of the molecule is Cc1nn(CCO)cc1CCCNCC1CNc2ccnn2C1. The molecule has 0 bridgehead atoms. The van der Waals surface area contributed by atoms with Gasteiger partial charge in [-0.3, -0.25) is 4.68 Å². The largest absolute Gasteiger partial charge is 0.394 e. The van der Waals surface area contributed by atoms with Crippen LogP contribution in [0.2, 0.25) is 0 Å². The number of hydrogen-bond donors (Lipinski definition) is 3. The normalized spacial score (nSPS) is 17.0. The van der Waals surface area contributed by atoms with Crippen LogP contribution in [0.1, 0.15) is 17.7 Å². The third kappa shape index (κ3) is 4.11. The molecule has 7 nitrogen and oxygen atoms in total. The van der Waals surface area contributed by atoms with E-state index in [0.29, 0.717) is 12.5 Å². The van der Waals surface area contributed by atoms with Crippen molar-refractivity contribution in [1.29, 1.82) is 0 Å². The number of nitrogens with zero attached hydrogens (tertiary/aromatic N) is 4. The van der Waals surface area contributed by atoms with Crippen LogP contribution in [0.15, 0.2) is 18.5 Å². The summed E-state index contributed by atoms with van der Waals surface area (Å²) in [6.07, 6.45) is 6.02. The van der Waals surface area contributed by atoms with E-state index in [1.807, 2.05) is 28.6 Å². The Balaban J connectivity index is 1.34. The average Bonchev–Trinajstić information content (AvgIpc) is 3.13. The number of hydrogen-bond acceptors (Lipinski definition) is 5. The van der Waals surface area contributed by atoms with Crippen LogP contribution < -0.4 is 10.6 Å². The van der Waals surface area contributed by atoms with E-state index < -0.39 is 0 Å². The fraction of sp³-hybridized carbons (Fsp3) is 0.625. The van der Waals surface area contributed by atoms with Crippen LogP contribution in [-0.4, -0.2) is 50.9 Å². The summed E-state index contributed by atoms with van der Waals surface area (Å²) in [6, 6.07) is 2.02. The molecule has 126 valence electrons. The first kappa shape index (κ1) is 16.0. The maximum atomic E-state index is 8.96. The highest BCUT2D eigenvalue weighted by Gasteiger charge is 2.17. The molecule has 0 saturated carbocycles. The Labute approximate surface area is 136 Å². The molecule has 3 rings (SSSR count). The summed E-state index contributed by atoms with van der Waals surface area (Å²) < 4.78 is 3.86. The van der Waals surface area contributed by atoms with Gasteiger partial charge < -0.3 is 15.7 Å². The van der Waals surface area contributed by atoms with Crippen molar-refractivity contribution in [3.05, 3.63) is 29.7 Å². The van der Waals surface area contributed by atoms with Crippen LogP contribution in [0, 0.1) is 12.8 Å². The Morgan fingerprint density at radius 1 is 1.48 bits per heavy atom. The zero-order valence-electron chi connectivity index (χ0n) is 13.7. The Morgan fingerprint density at radius 2 is 2.39 bits per heavy atom. The summed E-state index contributed by atoms with van der Waals surface area (Å²) in [4.78, 5) is 0. The molecule has 1 aliphatic heterocycles. The Bertz CT molecular complexity index is 620. The molecule has 3 N–H and O–H groups in total. The molecule has 3 heterocycles. The third-order valence-corrected chi connectivity index (χ3v) is 4.33. The van der Waals surface area contributed by atoms with Crippen molar-refractivity contribution in [2.75, 3.05) is 31.6 Å². The first-order valence-electron chi connectivity index (χ1n) is 8.36. The fourth-order valence-electron chi connectivity index (χ4n) is 3.05. The second-order valence-corrected chi connectivity index (χ2v) is 6.18. The monoisotopic (exact) mass is 318 g/mol. The van der Waals surface area contributed by atoms with Gasteiger partial charge in [-0.25, -0.2) is 4.68 Å². The maximum Gasteiger partial charge on any atom is 0.124 e. The zero-order chi connectivity index (χ0) is 16.1. The van der Waals surface area contributed by atoms with Crippen LogP contribution in [0.5, 0.6) is 0 Å². The lowest BCUT2D eigenvalue weighted by Crippen LogP contribution is -2.35. The van der Waals surface area contributed by atoms with E-state index in [9.17, 15) is 0 Å². The summed E-state index contributed by atoms with van der Waals surface area (Å²) in [7, 11) is 0. The van der Waals surface area contributed by atoms with Gasteiger partial charge in [0.05, 0.1) is 25.0 Å². The van der Waals surface area contributed by atoms with Crippen molar-refractivity contribution < 1.29 is 5.11 Å². The van der Waals surface area contributed by atoms with Gasteiger partial charge in [-0.2, -0.15) is 10.2 Å². The molecule has 1 atom stereocenters. The standard InChI is InChI=1S/C16H26N6O/c1-13-15(12-21(20-13)7-8-23)3-2-5-17-9-14-10-18-16-4-6-19-22(16)11-14/h4,6,12,14,17-18,23H,2-3,5,7-11H2,1H3. The van der Waals surface area contributed by atoms with Crippen LogP contribution in [0.25, 0.3) is 0 Å². The molecule has 2 aromatic heterocycles. The molecular weight excluding hydrogens is 292 g/mol. The van der Waals surface area contributed by atoms with E-state index in [1.165, 1.54) is 5.56 Å². The quantitative estimate of drug-likeness (QED) is 0.623. The minimum absolute atomic E-state index is 0.134. The highest BCUT2D eigenvalue weighted by molar-refractivity contribution is 5.35. The van der Waals surface area contributed by atoms with Gasteiger partial charge in [0, 0.05) is 37.8 Å². The number of aliphatic hydroxyl groups is 1. The molecular formula is C16H26N6O. The molecule has 7 heteroatoms. The Kier molecular flexibility index (Phi) is 5.30. The average molecular weight is 318 g/mol. The molecule has 2 aromatic rings. The molecule has 1 aliphatic rings. The van der Waals surface area contributed by atoms with Crippen molar-refractivity contribution in [1.82, 2.24) is 24.9 Å². The second kappa shape index (κ2) is 7.61. The van der Waals surface area contributed by atoms with Gasteiger partial charge in [0.2, 0.25) is 0 Å². The van der Waals surface area contributed by atoms with Crippen LogP contribution >= 0.6 is 0 Å². The summed E-state index contributed by atoms with van der Waals surface area (Å²) >= 11 is 0. The van der Waals surface area contributed by atoms with Crippen LogP contribution in [-0.2, 0) is 19.5 Å². The van der Waals surface area contributed by atoms with Gasteiger partial charge in [-0.1, -0.05) is 0 Å². The molecule has 23 heavy (non-hydrogen) atoms. The highest BCUT2D eigenvalue weighted by atomic mass is 16.3. The van der Waals surface area contributed by atoms with E-state index >= 15 is 0 Å². The molecule has 0 radical (unpaired) electrons. The van der Waals surface area contributed by atoms with Gasteiger partial charge in [-0.05, 0) is 31.9 Å². The van der Waals surface area contributed by atoms with Crippen molar-refractivity contribution in [2.24, 2.45) is 5.92 Å². The number of anilines is 1. The molecule has 0 amide bonds. The number of aliphatic hydroxyl groups excluding tert-OH is 1. The van der Waals surface area contributed by atoms with Crippen LogP contribution in [0.3, 0.4) is 0 Å². The predicted octanol–water partition coefficient (Wildman–Crippen LogP) is 0.644. The molecule has 0 fully saturated rings. The number of aromatic nitrogens is 4. The van der Waals surface area contributed by atoms with Crippen molar-refractivity contribution >= 4 is 5.82 Å². The van der Waals surface area contributed by atoms with Crippen molar-refractivity contribution in [2.45, 2.75) is 32.9 Å². The minimum atomic E-state index is 0.134. The highest BCUT2D eigenvalue weighted by Crippen LogP contribution is 2.15. The number of rotatable bonds is 8. The zero-order valence-corrected chi connectivity index (χ0v) is 13.7. The van der Waals surface area contributed by atoms with E-state index in [-0.39, 0.29) is 6.61 Å². The summed E-state index contributed by atoms with van der Waals surface area (Å²) in [5.74, 6) is 1.70. The third-order valence-electron chi connectivity index (χ3n) is 4.33. The van der Waals surface area contributed by atoms with Gasteiger partial charge in [0.25, 0.3) is 0 Å². The lowest BCUT2D eigenvalue weighted by Gasteiger charge is -2.25. The summed E-state index contributed by atoms with van der Waals surface area (Å²) in [5, 5.41) is 24.6. The van der Waals surface area contributed by atoms with E-state index in [2.05, 4.69) is 27.0 Å². The Morgan fingerprint density at radius 3 is 3.26 bits per heavy atom. The van der Waals surface area contributed by atoms with Crippen LogP contribution in [0.4, 0.5) is 5.82 Å². The summed E-state index contributed by atoms with van der Waals surface area (Å²) in [6.45, 7) is 6.74. The lowest BCUT2D eigenvalue weighted by atomic mass is 10.1. The van der Waals surface area contributed by atoms with Gasteiger partial charge in [-0.15, -0.1) is 0 Å². The number of fused-ring (bicyclic) bond motifs is 1. The molecule has 0 spiro atoms. The van der Waals surface area contributed by atoms with Crippen molar-refractivity contribution in [3.63, 3.8) is 0 Å². The van der Waals surface area contributed by atoms with Gasteiger partial charge in [0.15, 0.2) is 0 Å². The molecule has 0 aromatic carbocycles. The van der Waals surface area contributed by atoms with E-state index in [4.69, 9.17) is 5.11 Å².